The van der Waals surface area contributed by atoms with Crippen LogP contribution in [0.3, 0.4) is 0 Å². The molecule has 2 aromatic carbocycles. The smallest absolute Gasteiger partial charge is 0.307 e. The predicted octanol–water partition coefficient (Wildman–Crippen LogP) is 4.20. The summed E-state index contributed by atoms with van der Waals surface area (Å²) in [6, 6.07) is 16.0. The van der Waals surface area contributed by atoms with Gasteiger partial charge < -0.3 is 5.11 Å². The molecule has 3 aromatic rings. The lowest BCUT2D eigenvalue weighted by atomic mass is 9.97. The number of fused-ring (bicyclic) bond motifs is 1. The minimum Gasteiger partial charge on any atom is -0.481 e. The molecule has 1 aromatic heterocycles. The van der Waals surface area contributed by atoms with Crippen molar-refractivity contribution in [2.75, 3.05) is 0 Å². The lowest BCUT2D eigenvalue weighted by Crippen LogP contribution is -2.00. The third-order valence-corrected chi connectivity index (χ3v) is 4.05. The number of aliphatic carboxylic acids is 1. The Morgan fingerprint density at radius 3 is 2.47 bits per heavy atom. The van der Waals surface area contributed by atoms with Crippen molar-refractivity contribution in [2.24, 2.45) is 0 Å². The number of carboxylic acids is 1. The Labute approximate surface area is 114 Å². The van der Waals surface area contributed by atoms with Crippen LogP contribution in [0.2, 0.25) is 0 Å². The van der Waals surface area contributed by atoms with Gasteiger partial charge in [-0.1, -0.05) is 42.5 Å². The van der Waals surface area contributed by atoms with Gasteiger partial charge in [0, 0.05) is 4.88 Å². The van der Waals surface area contributed by atoms with Gasteiger partial charge in [-0.05, 0) is 33.3 Å². The molecule has 1 N–H and O–H groups in total. The number of carbonyl (C=O) groups is 1. The summed E-state index contributed by atoms with van der Waals surface area (Å²) in [5.74, 6) is -0.797. The van der Waals surface area contributed by atoms with Crippen molar-refractivity contribution < 1.29 is 9.90 Å². The zero-order valence-corrected chi connectivity index (χ0v) is 11.0. The Bertz CT molecular complexity index is 730. The zero-order chi connectivity index (χ0) is 13.2. The fourth-order valence-electron chi connectivity index (χ4n) is 2.33. The van der Waals surface area contributed by atoms with Crippen LogP contribution in [0.1, 0.15) is 5.56 Å². The molecule has 0 saturated carbocycles. The first kappa shape index (κ1) is 11.9. The van der Waals surface area contributed by atoms with E-state index in [0.29, 0.717) is 0 Å². The summed E-state index contributed by atoms with van der Waals surface area (Å²) in [7, 11) is 0. The van der Waals surface area contributed by atoms with Crippen molar-refractivity contribution in [3.63, 3.8) is 0 Å². The molecule has 0 fully saturated rings. The Morgan fingerprint density at radius 1 is 1.00 bits per heavy atom. The van der Waals surface area contributed by atoms with E-state index in [1.54, 1.807) is 11.3 Å². The molecule has 0 aliphatic rings. The highest BCUT2D eigenvalue weighted by molar-refractivity contribution is 7.13. The summed E-state index contributed by atoms with van der Waals surface area (Å²) in [4.78, 5) is 12.1. The maximum Gasteiger partial charge on any atom is 0.307 e. The average Bonchev–Trinajstić information content (AvgIpc) is 2.92. The maximum absolute atomic E-state index is 10.9. The highest BCUT2D eigenvalue weighted by Gasteiger charge is 2.10. The first-order valence-corrected chi connectivity index (χ1v) is 6.90. The van der Waals surface area contributed by atoms with Crippen molar-refractivity contribution in [1.29, 1.82) is 0 Å². The van der Waals surface area contributed by atoms with Crippen molar-refractivity contribution >= 4 is 28.1 Å². The van der Waals surface area contributed by atoms with Gasteiger partial charge in [0.2, 0.25) is 0 Å². The van der Waals surface area contributed by atoms with Gasteiger partial charge in [-0.3, -0.25) is 4.79 Å². The summed E-state index contributed by atoms with van der Waals surface area (Å²) < 4.78 is 0. The largest absolute Gasteiger partial charge is 0.481 e. The van der Waals surface area contributed by atoms with Crippen LogP contribution in [0.15, 0.2) is 53.9 Å². The van der Waals surface area contributed by atoms with E-state index >= 15 is 0 Å². The van der Waals surface area contributed by atoms with Crippen LogP contribution in [0.5, 0.6) is 0 Å². The second-order valence-corrected chi connectivity index (χ2v) is 5.31. The van der Waals surface area contributed by atoms with E-state index in [2.05, 4.69) is 17.5 Å². The second-order valence-electron chi connectivity index (χ2n) is 4.37. The molecule has 19 heavy (non-hydrogen) atoms. The fourth-order valence-corrected chi connectivity index (χ4v) is 3.09. The lowest BCUT2D eigenvalue weighted by molar-refractivity contribution is -0.136. The molecule has 94 valence electrons. The van der Waals surface area contributed by atoms with Crippen LogP contribution in [0.4, 0.5) is 0 Å². The van der Waals surface area contributed by atoms with Gasteiger partial charge in [0.1, 0.15) is 0 Å². The van der Waals surface area contributed by atoms with Crippen LogP contribution in [0.25, 0.3) is 21.2 Å². The van der Waals surface area contributed by atoms with E-state index in [1.807, 2.05) is 36.4 Å². The standard InChI is InChI=1S/C16H12O2S/c17-16(18)10-11-7-8-14(15-6-3-9-19-15)13-5-2-1-4-12(11)13/h1-9H,10H2,(H,17,18). The van der Waals surface area contributed by atoms with Crippen molar-refractivity contribution in [2.45, 2.75) is 6.42 Å². The summed E-state index contributed by atoms with van der Waals surface area (Å²) in [6.07, 6.45) is 0.0607. The number of hydrogen-bond donors (Lipinski definition) is 1. The van der Waals surface area contributed by atoms with Crippen LogP contribution < -0.4 is 0 Å². The molecular formula is C16H12O2S. The first-order chi connectivity index (χ1) is 9.25. The van der Waals surface area contributed by atoms with Crippen LogP contribution >= 0.6 is 11.3 Å². The molecule has 2 nitrogen and oxygen atoms in total. The summed E-state index contributed by atoms with van der Waals surface area (Å²) >= 11 is 1.69. The van der Waals surface area contributed by atoms with Crippen LogP contribution in [-0.2, 0) is 11.2 Å². The quantitative estimate of drug-likeness (QED) is 0.773. The van der Waals surface area contributed by atoms with E-state index < -0.39 is 5.97 Å². The minimum absolute atomic E-state index is 0.0607. The van der Waals surface area contributed by atoms with Gasteiger partial charge in [-0.2, -0.15) is 0 Å². The van der Waals surface area contributed by atoms with Crippen molar-refractivity contribution in [3.05, 3.63) is 59.5 Å². The van der Waals surface area contributed by atoms with E-state index in [-0.39, 0.29) is 6.42 Å². The minimum atomic E-state index is -0.797. The molecule has 3 rings (SSSR count). The van der Waals surface area contributed by atoms with Crippen LogP contribution in [0, 0.1) is 0 Å². The topological polar surface area (TPSA) is 37.3 Å². The fraction of sp³-hybridized carbons (Fsp3) is 0.0625. The van der Waals surface area contributed by atoms with E-state index in [9.17, 15) is 4.79 Å². The Balaban J connectivity index is 2.25. The van der Waals surface area contributed by atoms with Crippen molar-refractivity contribution in [1.82, 2.24) is 0 Å². The Hall–Kier alpha value is -2.13. The van der Waals surface area contributed by atoms with Gasteiger partial charge in [0.15, 0.2) is 0 Å². The predicted molar refractivity (Wildman–Crippen MR) is 78.6 cm³/mol. The zero-order valence-electron chi connectivity index (χ0n) is 10.2. The molecule has 0 spiro atoms. The van der Waals surface area contributed by atoms with Gasteiger partial charge in [-0.15, -0.1) is 11.3 Å². The number of rotatable bonds is 3. The highest BCUT2D eigenvalue weighted by Crippen LogP contribution is 2.33. The number of carboxylic acid groups (broad SMARTS) is 1. The van der Waals surface area contributed by atoms with Crippen molar-refractivity contribution in [3.8, 4) is 10.4 Å². The molecular weight excluding hydrogens is 256 g/mol. The molecule has 0 aliphatic heterocycles. The molecule has 1 heterocycles. The Kier molecular flexibility index (Phi) is 3.05. The first-order valence-electron chi connectivity index (χ1n) is 6.02. The number of hydrogen-bond acceptors (Lipinski definition) is 2. The second kappa shape index (κ2) is 4.86. The molecule has 0 amide bonds. The maximum atomic E-state index is 10.9. The van der Waals surface area contributed by atoms with Gasteiger partial charge >= 0.3 is 5.97 Å². The summed E-state index contributed by atoms with van der Waals surface area (Å²) in [5.41, 5.74) is 2.03. The van der Waals surface area contributed by atoms with E-state index in [1.165, 1.54) is 10.4 Å². The molecule has 3 heteroatoms. The SMILES string of the molecule is O=C(O)Cc1ccc(-c2cccs2)c2ccccc12. The Morgan fingerprint density at radius 2 is 1.79 bits per heavy atom. The lowest BCUT2D eigenvalue weighted by Gasteiger charge is -2.09. The normalized spacial score (nSPS) is 10.7. The number of thiophene rings is 1. The van der Waals surface area contributed by atoms with E-state index in [4.69, 9.17) is 5.11 Å². The van der Waals surface area contributed by atoms with Crippen LogP contribution in [-0.4, -0.2) is 11.1 Å². The molecule has 0 unspecified atom stereocenters. The third kappa shape index (κ3) is 2.25. The molecule has 0 atom stereocenters. The van der Waals surface area contributed by atoms with E-state index in [0.717, 1.165) is 16.3 Å². The van der Waals surface area contributed by atoms with Gasteiger partial charge in [-0.25, -0.2) is 0 Å². The molecule has 0 saturated heterocycles. The average molecular weight is 268 g/mol. The van der Waals surface area contributed by atoms with Gasteiger partial charge in [0.05, 0.1) is 6.42 Å². The summed E-state index contributed by atoms with van der Waals surface area (Å²) in [5, 5.41) is 13.2. The summed E-state index contributed by atoms with van der Waals surface area (Å²) in [6.45, 7) is 0. The third-order valence-electron chi connectivity index (χ3n) is 3.14. The monoisotopic (exact) mass is 268 g/mol. The molecule has 0 aliphatic carbocycles. The molecule has 0 radical (unpaired) electrons. The highest BCUT2D eigenvalue weighted by atomic mass is 32.1. The van der Waals surface area contributed by atoms with Gasteiger partial charge in [0.25, 0.3) is 0 Å². The number of benzene rings is 2. The molecule has 0 bridgehead atoms.